The quantitative estimate of drug-likeness (QED) is 0.641. The fourth-order valence-corrected chi connectivity index (χ4v) is 5.53. The molecule has 3 aliphatic heterocycles. The van der Waals surface area contributed by atoms with E-state index in [0.717, 1.165) is 17.0 Å². The average Bonchev–Trinajstić information content (AvgIpc) is 3.26. The van der Waals surface area contributed by atoms with Gasteiger partial charge in [0.2, 0.25) is 5.91 Å². The largest absolute Gasteiger partial charge is 0.495 e. The Hall–Kier alpha value is -4.01. The summed E-state index contributed by atoms with van der Waals surface area (Å²) in [5, 5.41) is 2.98. The van der Waals surface area contributed by atoms with Crippen molar-refractivity contribution in [3.05, 3.63) is 70.9 Å². The standard InChI is InChI=1S/C30H37N5O4/c1-30(2,3)21-12-10-20(11-13-21)27-26-23(32(4)29(38)31-27)18-35(28(26)37)19-25(36)34-16-14-33(15-17-34)22-8-6-7-9-24(22)39-5/h6-13,27H,14-19H2,1-5H3,(H,31,38)/t27-/m0/s1. The number of amides is 4. The average molecular weight is 532 g/mol. The lowest BCUT2D eigenvalue weighted by Gasteiger charge is -2.37. The molecule has 1 N–H and O–H groups in total. The van der Waals surface area contributed by atoms with E-state index in [1.807, 2.05) is 53.4 Å². The first-order valence-electron chi connectivity index (χ1n) is 13.4. The van der Waals surface area contributed by atoms with Crippen molar-refractivity contribution in [3.63, 3.8) is 0 Å². The fraction of sp³-hybridized carbons (Fsp3) is 0.433. The zero-order chi connectivity index (χ0) is 27.9. The first kappa shape index (κ1) is 26.6. The van der Waals surface area contributed by atoms with Gasteiger partial charge in [0.05, 0.1) is 36.7 Å². The maximum Gasteiger partial charge on any atom is 0.322 e. The van der Waals surface area contributed by atoms with Crippen LogP contribution in [0.4, 0.5) is 10.5 Å². The summed E-state index contributed by atoms with van der Waals surface area (Å²) in [4.78, 5) is 46.8. The number of carbonyl (C=O) groups excluding carboxylic acids is 3. The van der Waals surface area contributed by atoms with Gasteiger partial charge in [0, 0.05) is 33.2 Å². The summed E-state index contributed by atoms with van der Waals surface area (Å²) >= 11 is 0. The number of ether oxygens (including phenoxy) is 1. The SMILES string of the molecule is COc1ccccc1N1CCN(C(=O)CN2CC3=C(C2=O)[C@H](c2ccc(C(C)(C)C)cc2)NC(=O)N3C)CC1. The van der Waals surface area contributed by atoms with Gasteiger partial charge in [0.25, 0.3) is 5.91 Å². The summed E-state index contributed by atoms with van der Waals surface area (Å²) in [5.41, 5.74) is 4.23. The molecule has 206 valence electrons. The summed E-state index contributed by atoms with van der Waals surface area (Å²) in [6.45, 7) is 9.16. The number of anilines is 1. The number of para-hydroxylation sites is 2. The smallest absolute Gasteiger partial charge is 0.322 e. The summed E-state index contributed by atoms with van der Waals surface area (Å²) in [5.74, 6) is 0.519. The number of benzene rings is 2. The minimum absolute atomic E-state index is 0.00201. The maximum absolute atomic E-state index is 13.6. The Balaban J connectivity index is 1.27. The van der Waals surface area contributed by atoms with E-state index < -0.39 is 6.04 Å². The lowest BCUT2D eigenvalue weighted by molar-refractivity contribution is -0.137. The van der Waals surface area contributed by atoms with Crippen LogP contribution in [0.1, 0.15) is 37.9 Å². The number of urea groups is 1. The van der Waals surface area contributed by atoms with Gasteiger partial charge in [-0.05, 0) is 28.7 Å². The van der Waals surface area contributed by atoms with Crippen LogP contribution in [-0.4, -0.2) is 86.0 Å². The molecule has 1 atom stereocenters. The highest BCUT2D eigenvalue weighted by Gasteiger charge is 2.43. The molecule has 0 aliphatic carbocycles. The minimum Gasteiger partial charge on any atom is -0.495 e. The molecule has 9 nitrogen and oxygen atoms in total. The van der Waals surface area contributed by atoms with Crippen LogP contribution < -0.4 is 15.0 Å². The van der Waals surface area contributed by atoms with E-state index in [1.54, 1.807) is 19.1 Å². The van der Waals surface area contributed by atoms with E-state index in [0.29, 0.717) is 37.4 Å². The van der Waals surface area contributed by atoms with Crippen molar-refractivity contribution in [1.29, 1.82) is 0 Å². The molecule has 0 radical (unpaired) electrons. The van der Waals surface area contributed by atoms with Crippen LogP contribution >= 0.6 is 0 Å². The lowest BCUT2D eigenvalue weighted by Crippen LogP contribution is -2.51. The number of nitrogens with one attached hydrogen (secondary N) is 1. The predicted octanol–water partition coefficient (Wildman–Crippen LogP) is 3.13. The van der Waals surface area contributed by atoms with E-state index in [4.69, 9.17) is 4.74 Å². The van der Waals surface area contributed by atoms with Crippen LogP contribution in [0.25, 0.3) is 0 Å². The van der Waals surface area contributed by atoms with Crippen LogP contribution in [0, 0.1) is 0 Å². The summed E-state index contributed by atoms with van der Waals surface area (Å²) in [6, 6.07) is 15.1. The first-order chi connectivity index (χ1) is 18.6. The third-order valence-electron chi connectivity index (χ3n) is 7.93. The number of hydrogen-bond acceptors (Lipinski definition) is 5. The van der Waals surface area contributed by atoms with Crippen LogP contribution in [0.15, 0.2) is 59.8 Å². The maximum atomic E-state index is 13.6. The molecular formula is C30H37N5O4. The fourth-order valence-electron chi connectivity index (χ4n) is 5.53. The molecule has 2 aromatic carbocycles. The summed E-state index contributed by atoms with van der Waals surface area (Å²) < 4.78 is 5.49. The molecule has 0 aromatic heterocycles. The van der Waals surface area contributed by atoms with Crippen molar-refractivity contribution in [2.24, 2.45) is 0 Å². The van der Waals surface area contributed by atoms with E-state index in [-0.39, 0.29) is 36.3 Å². The third kappa shape index (κ3) is 5.05. The van der Waals surface area contributed by atoms with Gasteiger partial charge in [-0.15, -0.1) is 0 Å². The lowest BCUT2D eigenvalue weighted by atomic mass is 9.85. The number of carbonyl (C=O) groups is 3. The van der Waals surface area contributed by atoms with Crippen molar-refractivity contribution < 1.29 is 19.1 Å². The van der Waals surface area contributed by atoms with Crippen LogP contribution in [0.3, 0.4) is 0 Å². The highest BCUT2D eigenvalue weighted by Crippen LogP contribution is 2.36. The Morgan fingerprint density at radius 1 is 1.00 bits per heavy atom. The Bertz CT molecular complexity index is 1310. The predicted molar refractivity (Wildman–Crippen MR) is 150 cm³/mol. The Morgan fingerprint density at radius 3 is 2.31 bits per heavy atom. The molecule has 0 bridgehead atoms. The van der Waals surface area contributed by atoms with Crippen molar-refractivity contribution in [1.82, 2.24) is 20.0 Å². The van der Waals surface area contributed by atoms with Crippen molar-refractivity contribution >= 4 is 23.5 Å². The van der Waals surface area contributed by atoms with Gasteiger partial charge in [-0.1, -0.05) is 57.2 Å². The number of piperazine rings is 1. The van der Waals surface area contributed by atoms with Gasteiger partial charge in [-0.2, -0.15) is 0 Å². The molecule has 0 spiro atoms. The molecular weight excluding hydrogens is 494 g/mol. The minimum atomic E-state index is -0.547. The number of likely N-dealkylation sites (N-methyl/N-ethyl adjacent to an activating group) is 1. The molecule has 0 saturated carbocycles. The molecule has 2 aromatic rings. The number of nitrogens with zero attached hydrogens (tertiary/aromatic N) is 4. The van der Waals surface area contributed by atoms with Gasteiger partial charge in [0.15, 0.2) is 0 Å². The highest BCUT2D eigenvalue weighted by atomic mass is 16.5. The normalized spacial score (nSPS) is 19.9. The van der Waals surface area contributed by atoms with Gasteiger partial charge in [0.1, 0.15) is 12.3 Å². The van der Waals surface area contributed by atoms with Gasteiger partial charge in [-0.3, -0.25) is 14.5 Å². The number of hydrogen-bond donors (Lipinski definition) is 1. The highest BCUT2D eigenvalue weighted by molar-refractivity contribution is 6.03. The summed E-state index contributed by atoms with van der Waals surface area (Å²) in [7, 11) is 3.32. The number of rotatable bonds is 5. The first-order valence-corrected chi connectivity index (χ1v) is 13.4. The third-order valence-corrected chi connectivity index (χ3v) is 7.93. The molecule has 1 saturated heterocycles. The molecule has 0 unspecified atom stereocenters. The molecule has 3 heterocycles. The monoisotopic (exact) mass is 531 g/mol. The van der Waals surface area contributed by atoms with Crippen molar-refractivity contribution in [2.75, 3.05) is 58.3 Å². The molecule has 4 amide bonds. The van der Waals surface area contributed by atoms with Gasteiger partial charge < -0.3 is 24.8 Å². The second-order valence-electron chi connectivity index (χ2n) is 11.4. The van der Waals surface area contributed by atoms with Crippen molar-refractivity contribution in [3.8, 4) is 5.75 Å². The Labute approximate surface area is 230 Å². The summed E-state index contributed by atoms with van der Waals surface area (Å²) in [6.07, 6.45) is 0. The van der Waals surface area contributed by atoms with E-state index in [1.165, 1.54) is 10.5 Å². The van der Waals surface area contributed by atoms with Crippen LogP contribution in [0.5, 0.6) is 5.75 Å². The second kappa shape index (κ2) is 10.3. The van der Waals surface area contributed by atoms with Crippen molar-refractivity contribution in [2.45, 2.75) is 32.2 Å². The zero-order valence-electron chi connectivity index (χ0n) is 23.4. The molecule has 9 heteroatoms. The second-order valence-corrected chi connectivity index (χ2v) is 11.4. The Morgan fingerprint density at radius 2 is 1.67 bits per heavy atom. The van der Waals surface area contributed by atoms with E-state index >= 15 is 0 Å². The van der Waals surface area contributed by atoms with Crippen LogP contribution in [0.2, 0.25) is 0 Å². The van der Waals surface area contributed by atoms with Crippen LogP contribution in [-0.2, 0) is 15.0 Å². The van der Waals surface area contributed by atoms with Gasteiger partial charge >= 0.3 is 6.03 Å². The van der Waals surface area contributed by atoms with E-state index in [9.17, 15) is 14.4 Å². The Kier molecular flexibility index (Phi) is 7.01. The molecule has 1 fully saturated rings. The molecule has 3 aliphatic rings. The molecule has 39 heavy (non-hydrogen) atoms. The topological polar surface area (TPSA) is 85.4 Å². The van der Waals surface area contributed by atoms with E-state index in [2.05, 4.69) is 31.0 Å². The molecule has 5 rings (SSSR count). The number of methoxy groups -OCH3 is 1. The zero-order valence-corrected chi connectivity index (χ0v) is 23.4. The van der Waals surface area contributed by atoms with Gasteiger partial charge in [-0.25, -0.2) is 4.79 Å².